The first-order chi connectivity index (χ1) is 16.8. The molecule has 2 N–H and O–H groups in total. The minimum Gasteiger partial charge on any atom is -0.375 e. The zero-order valence-electron chi connectivity index (χ0n) is 19.0. The van der Waals surface area contributed by atoms with Gasteiger partial charge in [-0.2, -0.15) is 0 Å². The molecule has 7 nitrogen and oxygen atoms in total. The van der Waals surface area contributed by atoms with Gasteiger partial charge in [-0.15, -0.1) is 0 Å². The van der Waals surface area contributed by atoms with Crippen LogP contribution in [0.25, 0.3) is 11.0 Å². The minimum atomic E-state index is -1.04. The molecule has 2 fully saturated rings. The van der Waals surface area contributed by atoms with Gasteiger partial charge >= 0.3 is 0 Å². The summed E-state index contributed by atoms with van der Waals surface area (Å²) < 4.78 is 33.8. The molecule has 4 heterocycles. The molecular weight excluding hydrogens is 478 g/mol. The quantitative estimate of drug-likeness (QED) is 0.552. The predicted octanol–water partition coefficient (Wildman–Crippen LogP) is 4.01. The third-order valence-electron chi connectivity index (χ3n) is 6.90. The van der Waals surface area contributed by atoms with E-state index in [0.717, 1.165) is 44.4 Å². The highest BCUT2D eigenvalue weighted by atomic mass is 35.5. The maximum absolute atomic E-state index is 14.4. The van der Waals surface area contributed by atoms with Crippen molar-refractivity contribution in [1.29, 1.82) is 0 Å². The second-order valence-electron chi connectivity index (χ2n) is 9.20. The lowest BCUT2D eigenvalue weighted by Gasteiger charge is -2.39. The molecule has 1 atom stereocenters. The Bertz CT molecular complexity index is 1260. The molecule has 10 heteroatoms. The van der Waals surface area contributed by atoms with E-state index >= 15 is 0 Å². The maximum atomic E-state index is 14.4. The lowest BCUT2D eigenvalue weighted by Crippen LogP contribution is -2.54. The van der Waals surface area contributed by atoms with Gasteiger partial charge in [0.25, 0.3) is 5.91 Å². The number of nitrogens with one attached hydrogen (secondary N) is 2. The molecule has 2 saturated heterocycles. The van der Waals surface area contributed by atoms with Crippen LogP contribution in [0.5, 0.6) is 0 Å². The number of hydrogen-bond acceptors (Lipinski definition) is 4. The molecule has 2 aliphatic heterocycles. The topological polar surface area (TPSA) is 87.3 Å². The van der Waals surface area contributed by atoms with Gasteiger partial charge in [0.1, 0.15) is 29.0 Å². The number of H-pyrrole nitrogens is 1. The molecule has 35 heavy (non-hydrogen) atoms. The molecule has 0 unspecified atom stereocenters. The van der Waals surface area contributed by atoms with Crippen LogP contribution >= 0.6 is 11.6 Å². The highest BCUT2D eigenvalue weighted by Gasteiger charge is 2.40. The Hall–Kier alpha value is -3.04. The van der Waals surface area contributed by atoms with E-state index in [1.807, 2.05) is 0 Å². The van der Waals surface area contributed by atoms with Crippen molar-refractivity contribution in [3.05, 3.63) is 64.4 Å². The molecule has 2 amide bonds. The first-order valence-electron chi connectivity index (χ1n) is 11.6. The fourth-order valence-corrected chi connectivity index (χ4v) is 5.12. The van der Waals surface area contributed by atoms with Crippen molar-refractivity contribution in [3.63, 3.8) is 0 Å². The number of likely N-dealkylation sites (tertiary alicyclic amines) is 1. The van der Waals surface area contributed by atoms with E-state index in [-0.39, 0.29) is 29.2 Å². The number of hydrogen-bond donors (Lipinski definition) is 2. The Morgan fingerprint density at radius 2 is 2.00 bits per heavy atom. The van der Waals surface area contributed by atoms with Crippen LogP contribution in [-0.2, 0) is 16.0 Å². The second kappa shape index (κ2) is 9.54. The fourth-order valence-electron chi connectivity index (χ4n) is 4.96. The second-order valence-corrected chi connectivity index (χ2v) is 9.64. The Balaban J connectivity index is 1.36. The summed E-state index contributed by atoms with van der Waals surface area (Å²) in [6.07, 6.45) is 4.79. The molecule has 184 valence electrons. The van der Waals surface area contributed by atoms with Crippen molar-refractivity contribution >= 4 is 34.4 Å². The van der Waals surface area contributed by atoms with Crippen LogP contribution in [-0.4, -0.2) is 58.0 Å². The lowest BCUT2D eigenvalue weighted by atomic mass is 9.88. The van der Waals surface area contributed by atoms with E-state index in [4.69, 9.17) is 16.3 Å². The van der Waals surface area contributed by atoms with Crippen LogP contribution in [0.2, 0.25) is 5.02 Å². The number of aromatic nitrogens is 2. The van der Waals surface area contributed by atoms with Crippen molar-refractivity contribution in [2.75, 3.05) is 19.7 Å². The number of carbonyl (C=O) groups is 2. The fraction of sp³-hybridized carbons (Fsp3) is 0.400. The number of rotatable bonds is 5. The van der Waals surface area contributed by atoms with Gasteiger partial charge in [-0.3, -0.25) is 9.59 Å². The molecule has 0 bridgehead atoms. The standard InChI is InChI=1S/C25H25ClF2N4O3/c26-17-10-16-12-20(30-22(16)29-14-17)23(33)31-21(11-15-2-3-18(27)13-19(15)28)24(34)32-7-5-25(6-8-32)4-1-9-35-25/h2-3,10,12-14,21H,1,4-9,11H2,(H,29,30)(H,31,33)/t21-/m0/s1. The van der Waals surface area contributed by atoms with E-state index in [0.29, 0.717) is 29.1 Å². The predicted molar refractivity (Wildman–Crippen MR) is 126 cm³/mol. The summed E-state index contributed by atoms with van der Waals surface area (Å²) in [5.41, 5.74) is 0.647. The van der Waals surface area contributed by atoms with E-state index in [1.54, 1.807) is 17.0 Å². The lowest BCUT2D eigenvalue weighted by molar-refractivity contribution is -0.138. The van der Waals surface area contributed by atoms with Gasteiger partial charge in [0, 0.05) is 43.8 Å². The highest BCUT2D eigenvalue weighted by Crippen LogP contribution is 2.35. The first kappa shape index (κ1) is 23.7. The van der Waals surface area contributed by atoms with E-state index in [9.17, 15) is 18.4 Å². The highest BCUT2D eigenvalue weighted by molar-refractivity contribution is 6.31. The van der Waals surface area contributed by atoms with Crippen LogP contribution in [0.3, 0.4) is 0 Å². The average molecular weight is 503 g/mol. The molecule has 2 aliphatic rings. The number of nitrogens with zero attached hydrogens (tertiary/aromatic N) is 2. The largest absolute Gasteiger partial charge is 0.375 e. The number of carbonyl (C=O) groups excluding carboxylic acids is 2. The summed E-state index contributed by atoms with van der Waals surface area (Å²) in [5.74, 6) is -2.32. The summed E-state index contributed by atoms with van der Waals surface area (Å²) >= 11 is 5.98. The van der Waals surface area contributed by atoms with Crippen molar-refractivity contribution in [2.45, 2.75) is 43.7 Å². The number of pyridine rings is 1. The molecule has 0 aliphatic carbocycles. The van der Waals surface area contributed by atoms with Crippen molar-refractivity contribution in [2.24, 2.45) is 0 Å². The van der Waals surface area contributed by atoms with Gasteiger partial charge in [0.15, 0.2) is 0 Å². The molecule has 5 rings (SSSR count). The minimum absolute atomic E-state index is 0.112. The van der Waals surface area contributed by atoms with Gasteiger partial charge in [-0.05, 0) is 49.4 Å². The summed E-state index contributed by atoms with van der Waals surface area (Å²) in [6.45, 7) is 1.72. The van der Waals surface area contributed by atoms with Gasteiger partial charge in [0.05, 0.1) is 10.6 Å². The van der Waals surface area contributed by atoms with E-state index < -0.39 is 23.6 Å². The molecule has 3 aromatic rings. The zero-order chi connectivity index (χ0) is 24.6. The van der Waals surface area contributed by atoms with Gasteiger partial charge in [-0.1, -0.05) is 17.7 Å². The Kier molecular flexibility index (Phi) is 6.46. The maximum Gasteiger partial charge on any atom is 0.268 e. The first-order valence-corrected chi connectivity index (χ1v) is 12.0. The van der Waals surface area contributed by atoms with Crippen molar-refractivity contribution < 1.29 is 23.1 Å². The summed E-state index contributed by atoms with van der Waals surface area (Å²) in [7, 11) is 0. The number of fused-ring (bicyclic) bond motifs is 1. The SMILES string of the molecule is O=C(N[C@@H](Cc1ccc(F)cc1F)C(=O)N1CCC2(CCCO2)CC1)c1cc2cc(Cl)cnc2[nH]1. The number of aromatic amines is 1. The van der Waals surface area contributed by atoms with Gasteiger partial charge in [-0.25, -0.2) is 13.8 Å². The van der Waals surface area contributed by atoms with Crippen LogP contribution in [0, 0.1) is 11.6 Å². The number of ether oxygens (including phenoxy) is 1. The van der Waals surface area contributed by atoms with Gasteiger partial charge in [0.2, 0.25) is 5.91 Å². The van der Waals surface area contributed by atoms with Crippen molar-refractivity contribution in [3.8, 4) is 0 Å². The normalized spacial score (nSPS) is 18.2. The summed E-state index contributed by atoms with van der Waals surface area (Å²) in [5, 5.41) is 3.82. The number of amides is 2. The smallest absolute Gasteiger partial charge is 0.268 e. The Morgan fingerprint density at radius 3 is 2.71 bits per heavy atom. The summed E-state index contributed by atoms with van der Waals surface area (Å²) in [4.78, 5) is 35.3. The number of piperidine rings is 1. The molecule has 0 saturated carbocycles. The van der Waals surface area contributed by atoms with Gasteiger partial charge < -0.3 is 19.9 Å². The Morgan fingerprint density at radius 1 is 1.20 bits per heavy atom. The molecule has 0 radical (unpaired) electrons. The van der Waals surface area contributed by atoms with E-state index in [1.165, 1.54) is 12.3 Å². The van der Waals surface area contributed by atoms with Crippen LogP contribution < -0.4 is 5.32 Å². The van der Waals surface area contributed by atoms with Crippen LogP contribution in [0.4, 0.5) is 8.78 Å². The van der Waals surface area contributed by atoms with Crippen LogP contribution in [0.15, 0.2) is 36.5 Å². The Labute approximate surface area is 205 Å². The monoisotopic (exact) mass is 502 g/mol. The number of halogens is 3. The number of benzene rings is 1. The third-order valence-corrected chi connectivity index (χ3v) is 7.10. The average Bonchev–Trinajstić information content (AvgIpc) is 3.47. The summed E-state index contributed by atoms with van der Waals surface area (Å²) in [6, 6.07) is 5.42. The van der Waals surface area contributed by atoms with Crippen molar-refractivity contribution in [1.82, 2.24) is 20.2 Å². The van der Waals surface area contributed by atoms with E-state index in [2.05, 4.69) is 15.3 Å². The molecule has 1 spiro atoms. The third kappa shape index (κ3) is 5.01. The zero-order valence-corrected chi connectivity index (χ0v) is 19.7. The van der Waals surface area contributed by atoms with Crippen LogP contribution in [0.1, 0.15) is 41.7 Å². The molecule has 2 aromatic heterocycles. The molecular formula is C25H25ClF2N4O3. The molecule has 1 aromatic carbocycles.